The fourth-order valence-corrected chi connectivity index (χ4v) is 8.45. The van der Waals surface area contributed by atoms with Gasteiger partial charge in [0, 0.05) is 5.56 Å². The van der Waals surface area contributed by atoms with Gasteiger partial charge < -0.3 is 4.42 Å². The van der Waals surface area contributed by atoms with Crippen molar-refractivity contribution < 1.29 is 4.42 Å². The van der Waals surface area contributed by atoms with E-state index < -0.39 is 0 Å². The van der Waals surface area contributed by atoms with Crippen molar-refractivity contribution >= 4 is 13.4 Å². The third-order valence-corrected chi connectivity index (χ3v) is 9.32. The molecule has 1 aromatic carbocycles. The Bertz CT molecular complexity index is 602. The lowest BCUT2D eigenvalue weighted by molar-refractivity contribution is 0.483. The van der Waals surface area contributed by atoms with E-state index in [1.807, 2.05) is 6.26 Å². The van der Waals surface area contributed by atoms with Crippen molar-refractivity contribution in [1.29, 1.82) is 0 Å². The Morgan fingerprint density at radius 3 is 1.88 bits per heavy atom. The molecule has 0 amide bonds. The Kier molecular flexibility index (Phi) is 5.38. The van der Waals surface area contributed by atoms with Crippen LogP contribution in [0, 0.1) is 0 Å². The Hall–Kier alpha value is -1.07. The van der Waals surface area contributed by atoms with E-state index in [-0.39, 0.29) is 7.92 Å². The zero-order chi connectivity index (χ0) is 16.2. The SMILES string of the molecule is c1ccc(-c2ccoc2P(C2CCCCC2)C2CCCCC2)cc1. The van der Waals surface area contributed by atoms with Crippen LogP contribution in [0.15, 0.2) is 47.1 Å². The van der Waals surface area contributed by atoms with Gasteiger partial charge in [-0.25, -0.2) is 0 Å². The van der Waals surface area contributed by atoms with Crippen molar-refractivity contribution in [2.45, 2.75) is 75.5 Å². The molecule has 0 radical (unpaired) electrons. The highest BCUT2D eigenvalue weighted by molar-refractivity contribution is 7.66. The van der Waals surface area contributed by atoms with E-state index in [1.165, 1.54) is 80.8 Å². The van der Waals surface area contributed by atoms with Crippen LogP contribution in [0.5, 0.6) is 0 Å². The summed E-state index contributed by atoms with van der Waals surface area (Å²) >= 11 is 0. The molecule has 2 heteroatoms. The molecule has 0 bridgehead atoms. The van der Waals surface area contributed by atoms with Crippen LogP contribution in [0.25, 0.3) is 11.1 Å². The predicted octanol–water partition coefficient (Wildman–Crippen LogP) is 6.72. The highest BCUT2D eigenvalue weighted by Gasteiger charge is 2.35. The van der Waals surface area contributed by atoms with Crippen LogP contribution < -0.4 is 5.50 Å². The Labute approximate surface area is 147 Å². The van der Waals surface area contributed by atoms with Gasteiger partial charge in [0.15, 0.2) is 0 Å². The van der Waals surface area contributed by atoms with Gasteiger partial charge in [0.1, 0.15) is 5.50 Å². The first-order chi connectivity index (χ1) is 11.9. The van der Waals surface area contributed by atoms with E-state index in [1.54, 1.807) is 0 Å². The molecule has 128 valence electrons. The maximum Gasteiger partial charge on any atom is 0.133 e. The molecule has 2 saturated carbocycles. The second kappa shape index (κ2) is 7.87. The summed E-state index contributed by atoms with van der Waals surface area (Å²) in [6.45, 7) is 0. The summed E-state index contributed by atoms with van der Waals surface area (Å²) in [5.74, 6) is 0. The van der Waals surface area contributed by atoms with Gasteiger partial charge in [-0.1, -0.05) is 68.9 Å². The standard InChI is InChI=1S/C22H29OP/c1-4-10-18(11-5-1)21-16-17-23-22(21)24(19-12-6-2-7-13-19)20-14-8-3-9-15-20/h1,4-5,10-11,16-17,19-20H,2-3,6-9,12-15H2. The second-order valence-electron chi connectivity index (χ2n) is 7.50. The van der Waals surface area contributed by atoms with E-state index in [9.17, 15) is 0 Å². The average Bonchev–Trinajstić information content (AvgIpc) is 3.14. The largest absolute Gasteiger partial charge is 0.464 e. The normalized spacial score (nSPS) is 20.5. The number of rotatable bonds is 4. The summed E-state index contributed by atoms with van der Waals surface area (Å²) in [5.41, 5.74) is 5.85. The lowest BCUT2D eigenvalue weighted by atomic mass is 9.99. The van der Waals surface area contributed by atoms with E-state index in [0.29, 0.717) is 0 Å². The average molecular weight is 340 g/mol. The van der Waals surface area contributed by atoms with Gasteiger partial charge in [-0.05, 0) is 56.6 Å². The predicted molar refractivity (Wildman–Crippen MR) is 104 cm³/mol. The highest BCUT2D eigenvalue weighted by Crippen LogP contribution is 2.56. The van der Waals surface area contributed by atoms with Crippen LogP contribution in [0.4, 0.5) is 0 Å². The monoisotopic (exact) mass is 340 g/mol. The molecule has 0 N–H and O–H groups in total. The first kappa shape index (κ1) is 16.4. The van der Waals surface area contributed by atoms with Crippen molar-refractivity contribution in [2.75, 3.05) is 0 Å². The van der Waals surface area contributed by atoms with Gasteiger partial charge in [0.25, 0.3) is 0 Å². The van der Waals surface area contributed by atoms with Gasteiger partial charge in [0.05, 0.1) is 6.26 Å². The maximum absolute atomic E-state index is 6.22. The number of hydrogen-bond acceptors (Lipinski definition) is 1. The molecular formula is C22H29OP. The van der Waals surface area contributed by atoms with Crippen LogP contribution in [0.3, 0.4) is 0 Å². The zero-order valence-electron chi connectivity index (χ0n) is 14.6. The van der Waals surface area contributed by atoms with Crippen molar-refractivity contribution in [2.24, 2.45) is 0 Å². The van der Waals surface area contributed by atoms with Crippen LogP contribution in [0.1, 0.15) is 64.2 Å². The maximum atomic E-state index is 6.22. The minimum atomic E-state index is -0.166. The van der Waals surface area contributed by atoms with Crippen LogP contribution >= 0.6 is 7.92 Å². The van der Waals surface area contributed by atoms with Crippen molar-refractivity contribution in [3.8, 4) is 11.1 Å². The Balaban J connectivity index is 1.69. The van der Waals surface area contributed by atoms with Gasteiger partial charge >= 0.3 is 0 Å². The minimum Gasteiger partial charge on any atom is -0.464 e. The van der Waals surface area contributed by atoms with E-state index in [2.05, 4.69) is 36.4 Å². The molecule has 1 heterocycles. The minimum absolute atomic E-state index is 0.166. The zero-order valence-corrected chi connectivity index (χ0v) is 15.5. The van der Waals surface area contributed by atoms with Gasteiger partial charge in [-0.3, -0.25) is 0 Å². The summed E-state index contributed by atoms with van der Waals surface area (Å²) < 4.78 is 6.22. The molecule has 0 unspecified atom stereocenters. The molecule has 4 rings (SSSR count). The first-order valence-corrected chi connectivity index (χ1v) is 11.3. The molecule has 2 aliphatic carbocycles. The van der Waals surface area contributed by atoms with Crippen molar-refractivity contribution in [3.63, 3.8) is 0 Å². The lowest BCUT2D eigenvalue weighted by Gasteiger charge is -2.37. The van der Waals surface area contributed by atoms with Gasteiger partial charge in [0.2, 0.25) is 0 Å². The highest BCUT2D eigenvalue weighted by atomic mass is 31.1. The fourth-order valence-electron chi connectivity index (χ4n) is 4.69. The third-order valence-electron chi connectivity index (χ3n) is 5.90. The molecule has 1 aromatic heterocycles. The Morgan fingerprint density at radius 1 is 0.708 bits per heavy atom. The molecule has 0 aliphatic heterocycles. The van der Waals surface area contributed by atoms with Crippen molar-refractivity contribution in [1.82, 2.24) is 0 Å². The fraction of sp³-hybridized carbons (Fsp3) is 0.545. The summed E-state index contributed by atoms with van der Waals surface area (Å²) in [7, 11) is -0.166. The summed E-state index contributed by atoms with van der Waals surface area (Å²) in [6, 6.07) is 13.1. The quantitative estimate of drug-likeness (QED) is 0.563. The number of benzene rings is 1. The first-order valence-electron chi connectivity index (χ1n) is 9.85. The lowest BCUT2D eigenvalue weighted by Crippen LogP contribution is -2.26. The molecular weight excluding hydrogens is 311 g/mol. The van der Waals surface area contributed by atoms with Crippen LogP contribution in [0.2, 0.25) is 0 Å². The van der Waals surface area contributed by atoms with Gasteiger partial charge in [-0.15, -0.1) is 0 Å². The molecule has 2 aromatic rings. The molecule has 2 aliphatic rings. The number of furan rings is 1. The smallest absolute Gasteiger partial charge is 0.133 e. The molecule has 1 nitrogen and oxygen atoms in total. The molecule has 2 fully saturated rings. The third kappa shape index (κ3) is 3.47. The molecule has 0 atom stereocenters. The number of hydrogen-bond donors (Lipinski definition) is 0. The summed E-state index contributed by atoms with van der Waals surface area (Å²) in [5, 5.41) is 0. The Morgan fingerprint density at radius 2 is 1.29 bits per heavy atom. The van der Waals surface area contributed by atoms with E-state index in [4.69, 9.17) is 4.42 Å². The molecule has 0 spiro atoms. The van der Waals surface area contributed by atoms with Crippen molar-refractivity contribution in [3.05, 3.63) is 42.7 Å². The van der Waals surface area contributed by atoms with Crippen LogP contribution in [-0.4, -0.2) is 11.3 Å². The van der Waals surface area contributed by atoms with E-state index >= 15 is 0 Å². The molecule has 24 heavy (non-hydrogen) atoms. The van der Waals surface area contributed by atoms with Gasteiger partial charge in [-0.2, -0.15) is 0 Å². The molecule has 0 saturated heterocycles. The van der Waals surface area contributed by atoms with E-state index in [0.717, 1.165) is 11.3 Å². The van der Waals surface area contributed by atoms with Crippen LogP contribution in [-0.2, 0) is 0 Å². The second-order valence-corrected chi connectivity index (χ2v) is 10.2. The summed E-state index contributed by atoms with van der Waals surface area (Å²) in [6.07, 6.45) is 16.2. The summed E-state index contributed by atoms with van der Waals surface area (Å²) in [4.78, 5) is 0. The topological polar surface area (TPSA) is 13.1 Å².